The zero-order valence-electron chi connectivity index (χ0n) is 16.9. The van der Waals surface area contributed by atoms with Crippen molar-refractivity contribution in [3.8, 4) is 17.0 Å². The number of benzene rings is 1. The number of aromatic nitrogens is 5. The summed E-state index contributed by atoms with van der Waals surface area (Å²) >= 11 is 0. The number of hydrogen-bond acceptors (Lipinski definition) is 7. The molecule has 0 aliphatic heterocycles. The number of methoxy groups -OCH3 is 1. The van der Waals surface area contributed by atoms with E-state index in [0.29, 0.717) is 39.4 Å². The summed E-state index contributed by atoms with van der Waals surface area (Å²) in [6.07, 6.45) is -2.11. The third-order valence-corrected chi connectivity index (χ3v) is 4.72. The van der Waals surface area contributed by atoms with E-state index in [9.17, 15) is 17.6 Å². The Morgan fingerprint density at radius 3 is 2.44 bits per heavy atom. The molecule has 0 fully saturated rings. The lowest BCUT2D eigenvalue weighted by Crippen LogP contribution is -2.14. The predicted octanol–water partition coefficient (Wildman–Crippen LogP) is 4.82. The number of nitrogens with zero attached hydrogens (tertiary/aromatic N) is 5. The third kappa shape index (κ3) is 4.27. The summed E-state index contributed by atoms with van der Waals surface area (Å²) in [5.41, 5.74) is 0.911. The molecule has 0 saturated heterocycles. The Kier molecular flexibility index (Phi) is 5.56. The molecule has 1 unspecified atom stereocenters. The summed E-state index contributed by atoms with van der Waals surface area (Å²) < 4.78 is 56.9. The molecule has 0 bridgehead atoms. The van der Waals surface area contributed by atoms with Crippen LogP contribution in [0.25, 0.3) is 22.2 Å². The van der Waals surface area contributed by atoms with Gasteiger partial charge in [0.15, 0.2) is 5.69 Å². The van der Waals surface area contributed by atoms with Gasteiger partial charge in [0.25, 0.3) is 0 Å². The molecular weight excluding hydrogens is 428 g/mol. The van der Waals surface area contributed by atoms with Gasteiger partial charge in [-0.3, -0.25) is 4.98 Å². The molecule has 4 aromatic rings. The highest BCUT2D eigenvalue weighted by Gasteiger charge is 2.33. The van der Waals surface area contributed by atoms with E-state index in [1.165, 1.54) is 31.6 Å². The molecule has 1 atom stereocenters. The number of fused-ring (bicyclic) bond motifs is 1. The Labute approximate surface area is 179 Å². The van der Waals surface area contributed by atoms with E-state index in [4.69, 9.17) is 4.74 Å². The second-order valence-corrected chi connectivity index (χ2v) is 6.87. The monoisotopic (exact) mass is 444 g/mol. The summed E-state index contributed by atoms with van der Waals surface area (Å²) in [6, 6.07) is 7.95. The van der Waals surface area contributed by atoms with E-state index in [-0.39, 0.29) is 0 Å². The molecule has 164 valence electrons. The van der Waals surface area contributed by atoms with Crippen LogP contribution in [0, 0.1) is 5.82 Å². The Bertz CT molecular complexity index is 1250. The topological polar surface area (TPSA) is 85.7 Å². The van der Waals surface area contributed by atoms with Crippen molar-refractivity contribution < 1.29 is 22.3 Å². The quantitative estimate of drug-likeness (QED) is 0.442. The van der Waals surface area contributed by atoms with Gasteiger partial charge in [0, 0.05) is 10.9 Å². The highest BCUT2D eigenvalue weighted by molar-refractivity contribution is 5.96. The average Bonchev–Trinajstić information content (AvgIpc) is 2.78. The summed E-state index contributed by atoms with van der Waals surface area (Å²) in [5, 5.41) is 10.6. The van der Waals surface area contributed by atoms with Gasteiger partial charge in [0.1, 0.15) is 29.2 Å². The van der Waals surface area contributed by atoms with Crippen molar-refractivity contribution in [1.82, 2.24) is 25.1 Å². The summed E-state index contributed by atoms with van der Waals surface area (Å²) in [6.45, 7) is 1.72. The highest BCUT2D eigenvalue weighted by atomic mass is 19.4. The van der Waals surface area contributed by atoms with Crippen molar-refractivity contribution in [1.29, 1.82) is 0 Å². The number of rotatable bonds is 5. The molecule has 1 N–H and O–H groups in total. The molecule has 0 aliphatic carbocycles. The van der Waals surface area contributed by atoms with E-state index >= 15 is 0 Å². The van der Waals surface area contributed by atoms with Crippen molar-refractivity contribution in [3.63, 3.8) is 0 Å². The van der Waals surface area contributed by atoms with Crippen molar-refractivity contribution in [2.45, 2.75) is 19.1 Å². The summed E-state index contributed by atoms with van der Waals surface area (Å²) in [4.78, 5) is 12.6. The fraction of sp³-hybridized carbons (Fsp3) is 0.190. The Balaban J connectivity index is 1.72. The van der Waals surface area contributed by atoms with Crippen LogP contribution in [-0.4, -0.2) is 32.3 Å². The third-order valence-electron chi connectivity index (χ3n) is 4.72. The number of pyridine rings is 1. The van der Waals surface area contributed by atoms with Crippen LogP contribution in [-0.2, 0) is 6.18 Å². The lowest BCUT2D eigenvalue weighted by molar-refractivity contribution is -0.141. The molecule has 0 aliphatic rings. The standard InChI is InChI=1S/C21H16F4N6O/c1-11(15-5-6-18(31-30-15)21(23,24)25)29-20-14-7-12(16-4-3-13(22)9-26-16)8-17(32-2)19(14)27-10-28-20/h3-11H,1-2H3,(H,27,28,29). The minimum atomic E-state index is -4.56. The van der Waals surface area contributed by atoms with E-state index in [1.807, 2.05) is 0 Å². The van der Waals surface area contributed by atoms with Gasteiger partial charge < -0.3 is 10.1 Å². The molecule has 0 saturated carbocycles. The highest BCUT2D eigenvalue weighted by Crippen LogP contribution is 2.34. The van der Waals surface area contributed by atoms with Crippen LogP contribution in [0.4, 0.5) is 23.4 Å². The van der Waals surface area contributed by atoms with Crippen LogP contribution in [0.2, 0.25) is 0 Å². The van der Waals surface area contributed by atoms with Crippen molar-refractivity contribution >= 4 is 16.7 Å². The van der Waals surface area contributed by atoms with Crippen LogP contribution < -0.4 is 10.1 Å². The molecule has 0 radical (unpaired) electrons. The maximum Gasteiger partial charge on any atom is 0.435 e. The van der Waals surface area contributed by atoms with Gasteiger partial charge in [-0.15, -0.1) is 5.10 Å². The lowest BCUT2D eigenvalue weighted by atomic mass is 10.1. The first-order valence-corrected chi connectivity index (χ1v) is 9.38. The van der Waals surface area contributed by atoms with Gasteiger partial charge in [-0.05, 0) is 43.3 Å². The summed E-state index contributed by atoms with van der Waals surface area (Å²) in [7, 11) is 1.49. The molecule has 11 heteroatoms. The lowest BCUT2D eigenvalue weighted by Gasteiger charge is -2.17. The van der Waals surface area contributed by atoms with Gasteiger partial charge >= 0.3 is 6.18 Å². The van der Waals surface area contributed by atoms with Crippen molar-refractivity contribution in [2.75, 3.05) is 12.4 Å². The molecule has 3 heterocycles. The molecular formula is C21H16F4N6O. The first-order valence-electron chi connectivity index (χ1n) is 9.38. The van der Waals surface area contributed by atoms with Crippen LogP contribution in [0.3, 0.4) is 0 Å². The Morgan fingerprint density at radius 2 is 1.81 bits per heavy atom. The average molecular weight is 444 g/mol. The minimum Gasteiger partial charge on any atom is -0.494 e. The molecule has 4 rings (SSSR count). The van der Waals surface area contributed by atoms with Crippen LogP contribution in [0.1, 0.15) is 24.4 Å². The molecule has 0 spiro atoms. The molecule has 3 aromatic heterocycles. The van der Waals surface area contributed by atoms with Gasteiger partial charge in [0.2, 0.25) is 0 Å². The smallest absolute Gasteiger partial charge is 0.435 e. The predicted molar refractivity (Wildman–Crippen MR) is 108 cm³/mol. The SMILES string of the molecule is COc1cc(-c2ccc(F)cn2)cc2c(NC(C)c3ccc(C(F)(F)F)nn3)ncnc12. The first kappa shape index (κ1) is 21.3. The first-order chi connectivity index (χ1) is 15.3. The van der Waals surface area contributed by atoms with E-state index < -0.39 is 23.7 Å². The molecule has 0 amide bonds. The second kappa shape index (κ2) is 8.33. The molecule has 1 aromatic carbocycles. The Hall–Kier alpha value is -3.89. The molecule has 7 nitrogen and oxygen atoms in total. The van der Waals surface area contributed by atoms with Crippen LogP contribution >= 0.6 is 0 Å². The van der Waals surface area contributed by atoms with E-state index in [2.05, 4.69) is 30.5 Å². The van der Waals surface area contributed by atoms with E-state index in [1.54, 1.807) is 19.1 Å². The number of hydrogen-bond donors (Lipinski definition) is 1. The fourth-order valence-electron chi connectivity index (χ4n) is 3.10. The zero-order chi connectivity index (χ0) is 22.9. The van der Waals surface area contributed by atoms with Crippen LogP contribution in [0.5, 0.6) is 5.75 Å². The normalized spacial score (nSPS) is 12.6. The fourth-order valence-corrected chi connectivity index (χ4v) is 3.10. The second-order valence-electron chi connectivity index (χ2n) is 6.87. The zero-order valence-corrected chi connectivity index (χ0v) is 16.9. The van der Waals surface area contributed by atoms with Gasteiger partial charge in [-0.25, -0.2) is 14.4 Å². The number of alkyl halides is 3. The number of anilines is 1. The maximum atomic E-state index is 13.3. The minimum absolute atomic E-state index is 0.299. The Morgan fingerprint density at radius 1 is 1.00 bits per heavy atom. The summed E-state index contributed by atoms with van der Waals surface area (Å²) in [5.74, 6) is 0.404. The number of ether oxygens (including phenoxy) is 1. The molecule has 32 heavy (non-hydrogen) atoms. The van der Waals surface area contributed by atoms with Crippen molar-refractivity contribution in [3.05, 3.63) is 66.1 Å². The van der Waals surface area contributed by atoms with Gasteiger partial charge in [0.05, 0.1) is 30.7 Å². The van der Waals surface area contributed by atoms with E-state index in [0.717, 1.165) is 12.3 Å². The van der Waals surface area contributed by atoms with Gasteiger partial charge in [-0.2, -0.15) is 18.3 Å². The van der Waals surface area contributed by atoms with Crippen molar-refractivity contribution in [2.24, 2.45) is 0 Å². The van der Waals surface area contributed by atoms with Crippen LogP contribution in [0.15, 0.2) is 48.9 Å². The van der Waals surface area contributed by atoms with Gasteiger partial charge in [-0.1, -0.05) is 0 Å². The largest absolute Gasteiger partial charge is 0.494 e. The number of nitrogens with one attached hydrogen (secondary N) is 1. The number of halogens is 4. The maximum absolute atomic E-state index is 13.3.